The third kappa shape index (κ3) is 14.4. The van der Waals surface area contributed by atoms with E-state index in [-0.39, 0.29) is 58.9 Å². The maximum Gasteiger partial charge on any atom is 0.340 e. The van der Waals surface area contributed by atoms with Crippen LogP contribution in [0.25, 0.3) is 0 Å². The molecule has 24 heteroatoms. The monoisotopic (exact) mass is 1060 g/mol. The van der Waals surface area contributed by atoms with Crippen LogP contribution in [0.15, 0.2) is 48.5 Å². The molecule has 2 aliphatic rings. The summed E-state index contributed by atoms with van der Waals surface area (Å²) in [5.74, 6) is -7.08. The van der Waals surface area contributed by atoms with Gasteiger partial charge in [0.1, 0.15) is 47.0 Å². The number of aryl methyl sites for hydroxylation is 2. The Bertz CT molecular complexity index is 2990. The zero-order valence-corrected chi connectivity index (χ0v) is 42.2. The quantitative estimate of drug-likeness (QED) is 0.119. The molecule has 0 bridgehead atoms. The van der Waals surface area contributed by atoms with Crippen molar-refractivity contribution < 1.29 is 58.7 Å². The number of nitriles is 2. The van der Waals surface area contributed by atoms with E-state index < -0.39 is 90.2 Å². The second-order valence-corrected chi connectivity index (χ2v) is 20.3. The van der Waals surface area contributed by atoms with Crippen molar-refractivity contribution in [2.75, 3.05) is 49.2 Å². The summed E-state index contributed by atoms with van der Waals surface area (Å²) in [6, 6.07) is 13.4. The molecular weight excluding hydrogens is 1010 g/mol. The van der Waals surface area contributed by atoms with Gasteiger partial charge in [-0.2, -0.15) is 10.5 Å². The van der Waals surface area contributed by atoms with Gasteiger partial charge < -0.3 is 19.3 Å². The number of hydrogen-bond acceptors (Lipinski definition) is 16. The highest BCUT2D eigenvalue weighted by atomic mass is 35.5. The number of rotatable bonds is 16. The average Bonchev–Trinajstić information content (AvgIpc) is 3.35. The first-order chi connectivity index (χ1) is 34.2. The Balaban J connectivity index is 0.000000267. The number of amides is 2. The Morgan fingerprint density at radius 1 is 0.681 bits per heavy atom. The first-order valence-electron chi connectivity index (χ1n) is 22.9. The first kappa shape index (κ1) is 56.1. The molecule has 0 aliphatic carbocycles. The highest BCUT2D eigenvalue weighted by molar-refractivity contribution is 7.89. The van der Waals surface area contributed by atoms with Gasteiger partial charge >= 0.3 is 11.9 Å². The predicted molar refractivity (Wildman–Crippen MR) is 258 cm³/mol. The zero-order chi connectivity index (χ0) is 52.9. The highest BCUT2D eigenvalue weighted by Crippen LogP contribution is 2.30. The lowest BCUT2D eigenvalue weighted by atomic mass is 9.96. The molecule has 6 rings (SSSR count). The summed E-state index contributed by atoms with van der Waals surface area (Å²) < 4.78 is 105. The summed E-state index contributed by atoms with van der Waals surface area (Å²) in [5.41, 5.74) is 1.42. The Labute approximate surface area is 420 Å². The molecule has 0 radical (unpaired) electrons. The topological polar surface area (TPSA) is 259 Å². The summed E-state index contributed by atoms with van der Waals surface area (Å²) in [4.78, 5) is 62.5. The van der Waals surface area contributed by atoms with Crippen LogP contribution < -0.4 is 19.2 Å². The van der Waals surface area contributed by atoms with Crippen LogP contribution in [0.1, 0.15) is 108 Å². The molecule has 72 heavy (non-hydrogen) atoms. The van der Waals surface area contributed by atoms with Crippen molar-refractivity contribution in [3.05, 3.63) is 116 Å². The number of carbonyl (C=O) groups excluding carboxylic acids is 4. The Morgan fingerprint density at radius 3 is 1.47 bits per heavy atom. The van der Waals surface area contributed by atoms with Gasteiger partial charge in [-0.3, -0.25) is 19.0 Å². The van der Waals surface area contributed by atoms with Crippen molar-refractivity contribution >= 4 is 67.0 Å². The smallest absolute Gasteiger partial charge is 0.340 e. The second-order valence-electron chi connectivity index (χ2n) is 16.5. The van der Waals surface area contributed by atoms with Gasteiger partial charge in [-0.25, -0.2) is 49.6 Å². The van der Waals surface area contributed by atoms with Gasteiger partial charge in [0.25, 0.3) is 0 Å². The number of benzene rings is 2. The molecule has 0 spiro atoms. The normalized spacial score (nSPS) is 14.2. The number of nitrogens with one attached hydrogen (secondary N) is 2. The second kappa shape index (κ2) is 25.0. The molecule has 384 valence electrons. The molecule has 2 aromatic heterocycles. The largest absolute Gasteiger partial charge is 0.462 e. The van der Waals surface area contributed by atoms with Crippen LogP contribution in [0.3, 0.4) is 0 Å². The molecule has 2 aromatic carbocycles. The van der Waals surface area contributed by atoms with Crippen LogP contribution in [-0.4, -0.2) is 89.9 Å². The van der Waals surface area contributed by atoms with Gasteiger partial charge in [-0.05, 0) is 94.3 Å². The third-order valence-corrected chi connectivity index (χ3v) is 14.4. The minimum Gasteiger partial charge on any atom is -0.462 e. The molecule has 18 nitrogen and oxygen atoms in total. The number of carbonyl (C=O) groups is 4. The van der Waals surface area contributed by atoms with Gasteiger partial charge in [-0.15, -0.1) is 0 Å². The average molecular weight is 1060 g/mol. The lowest BCUT2D eigenvalue weighted by molar-refractivity contribution is -0.124. The fourth-order valence-corrected chi connectivity index (χ4v) is 10.7. The van der Waals surface area contributed by atoms with Crippen molar-refractivity contribution in [1.82, 2.24) is 19.4 Å². The van der Waals surface area contributed by atoms with Crippen molar-refractivity contribution in [1.29, 1.82) is 10.5 Å². The van der Waals surface area contributed by atoms with E-state index in [0.717, 1.165) is 30.3 Å². The van der Waals surface area contributed by atoms with Crippen molar-refractivity contribution in [3.8, 4) is 12.1 Å². The molecule has 2 aliphatic heterocycles. The van der Waals surface area contributed by atoms with E-state index in [1.165, 1.54) is 18.2 Å². The van der Waals surface area contributed by atoms with Crippen molar-refractivity contribution in [3.63, 3.8) is 0 Å². The number of piperidine rings is 2. The molecule has 4 aromatic rings. The Hall–Kier alpha value is -6.82. The minimum absolute atomic E-state index is 0.0395. The molecule has 2 fully saturated rings. The van der Waals surface area contributed by atoms with E-state index in [2.05, 4.69) is 20.8 Å². The van der Waals surface area contributed by atoms with Crippen LogP contribution in [0.5, 0.6) is 0 Å². The SMILES string of the molecule is CCOC(=O)c1cc(C#N)c(N2CCC(C(=O)NS(=O)(=O)Cc3c(F)cccc3F)CC2)nc1CC.CCOC(=O)c1cc(C#N)c(N2CCC(C(=O)NS(=O)(=O)Cc3ccc(F)cc3Cl)CC2)nc1CC. The first-order valence-corrected chi connectivity index (χ1v) is 26.5. The molecule has 2 saturated heterocycles. The highest BCUT2D eigenvalue weighted by Gasteiger charge is 2.33. The number of esters is 2. The van der Waals surface area contributed by atoms with E-state index in [9.17, 15) is 59.7 Å². The number of hydrogen-bond donors (Lipinski definition) is 2. The molecular formula is C48H52ClF3N8O10S2. The van der Waals surface area contributed by atoms with Gasteiger partial charge in [-0.1, -0.05) is 37.6 Å². The van der Waals surface area contributed by atoms with E-state index in [1.54, 1.807) is 18.7 Å². The minimum atomic E-state index is -4.32. The molecule has 2 N–H and O–H groups in total. The Morgan fingerprint density at radius 2 is 1.10 bits per heavy atom. The lowest BCUT2D eigenvalue weighted by Crippen LogP contribution is -2.43. The number of ether oxygens (including phenoxy) is 2. The number of aromatic nitrogens is 2. The van der Waals surface area contributed by atoms with Crippen LogP contribution >= 0.6 is 11.6 Å². The number of sulfonamides is 2. The molecule has 0 atom stereocenters. The summed E-state index contributed by atoms with van der Waals surface area (Å²) in [7, 11) is -8.36. The van der Waals surface area contributed by atoms with Crippen molar-refractivity contribution in [2.45, 2.75) is 77.7 Å². The summed E-state index contributed by atoms with van der Waals surface area (Å²) in [5, 5.41) is 19.2. The number of anilines is 2. The van der Waals surface area contributed by atoms with E-state index in [1.807, 2.05) is 29.5 Å². The predicted octanol–water partition coefficient (Wildman–Crippen LogP) is 6.18. The summed E-state index contributed by atoms with van der Waals surface area (Å²) in [6.07, 6.45) is 2.11. The van der Waals surface area contributed by atoms with Crippen LogP contribution in [0, 0.1) is 51.9 Å². The van der Waals surface area contributed by atoms with Gasteiger partial charge in [0, 0.05) is 48.6 Å². The fraction of sp³-hybridized carbons (Fsp3) is 0.417. The number of nitrogens with zero attached hydrogens (tertiary/aromatic N) is 6. The lowest BCUT2D eigenvalue weighted by Gasteiger charge is -2.33. The molecule has 2 amide bonds. The summed E-state index contributed by atoms with van der Waals surface area (Å²) in [6.45, 7) is 8.78. The number of pyridine rings is 2. The summed E-state index contributed by atoms with van der Waals surface area (Å²) >= 11 is 5.91. The standard InChI is InChI=1S/C24H26ClFN4O5S.C24H26F2N4O5S/c1-3-21-19(24(32)35-4-2)11-17(13-27)22(28-21)30-9-7-15(8-10-30)23(31)29-36(33,34)14-16-5-6-18(26)12-20(16)25;1-3-21-17(24(32)35-4-2)12-16(13-27)22(28-21)30-10-8-15(9-11-30)23(31)29-36(33,34)14-18-19(25)6-5-7-20(18)26/h5-6,11-12,15H,3-4,7-10,14H2,1-2H3,(H,29,31);5-7,12,15H,3-4,8-11,14H2,1-2H3,(H,29,31). The van der Waals surface area contributed by atoms with Crippen LogP contribution in [0.2, 0.25) is 5.02 Å². The molecule has 0 saturated carbocycles. The van der Waals surface area contributed by atoms with E-state index in [4.69, 9.17) is 21.1 Å². The maximum atomic E-state index is 13.8. The Kier molecular flexibility index (Phi) is 19.5. The fourth-order valence-electron chi connectivity index (χ4n) is 7.99. The number of halogens is 4. The maximum absolute atomic E-state index is 13.8. The van der Waals surface area contributed by atoms with Crippen LogP contribution in [0.4, 0.5) is 24.8 Å². The van der Waals surface area contributed by atoms with Gasteiger partial charge in [0.15, 0.2) is 0 Å². The van der Waals surface area contributed by atoms with E-state index >= 15 is 0 Å². The molecule has 0 unspecified atom stereocenters. The van der Waals surface area contributed by atoms with Crippen molar-refractivity contribution in [2.24, 2.45) is 11.8 Å². The molecule has 4 heterocycles. The van der Waals surface area contributed by atoms with E-state index in [0.29, 0.717) is 74.9 Å². The van der Waals surface area contributed by atoms with Gasteiger partial charge in [0.2, 0.25) is 31.9 Å². The third-order valence-electron chi connectivity index (χ3n) is 11.7. The van der Waals surface area contributed by atoms with Gasteiger partial charge in [0.05, 0.1) is 52.6 Å². The van der Waals surface area contributed by atoms with Crippen LogP contribution in [-0.2, 0) is 63.5 Å². The zero-order valence-electron chi connectivity index (χ0n) is 39.8.